The van der Waals surface area contributed by atoms with Crippen LogP contribution in [0.15, 0.2) is 180 Å². The molecule has 7 heteroatoms. The number of nitrogens with zero attached hydrogens (tertiary/aromatic N) is 4. The van der Waals surface area contributed by atoms with E-state index in [-0.39, 0.29) is 0 Å². The Balaban J connectivity index is 1.18. The minimum Gasteiger partial charge on any atom is -0.456 e. The molecule has 3 aromatic heterocycles. The number of benzene rings is 6. The molecule has 6 aromatic carbocycles. The summed E-state index contributed by atoms with van der Waals surface area (Å²) < 4.78 is 8.70. The van der Waals surface area contributed by atoms with Crippen LogP contribution in [-0.4, -0.2) is 25.3 Å². The summed E-state index contributed by atoms with van der Waals surface area (Å²) in [6.07, 6.45) is 7.65. The average molecular weight is 683 g/mol. The molecule has 0 spiro atoms. The Morgan fingerprint density at radius 2 is 1.09 bits per heavy atom. The Hall–Kier alpha value is -7.38. The van der Waals surface area contributed by atoms with Crippen molar-refractivity contribution in [1.82, 2.24) is 19.6 Å². The maximum absolute atomic E-state index is 9.03. The highest BCUT2D eigenvalue weighted by molar-refractivity contribution is 6.26. The monoisotopic (exact) mass is 682 g/mol. The van der Waals surface area contributed by atoms with Crippen LogP contribution in [0.2, 0.25) is 0 Å². The summed E-state index contributed by atoms with van der Waals surface area (Å²) in [4.78, 5) is 14.9. The van der Waals surface area contributed by atoms with Gasteiger partial charge in [-0.05, 0) is 41.8 Å². The molecule has 0 aliphatic heterocycles. The third-order valence-electron chi connectivity index (χ3n) is 9.70. The molecule has 0 saturated carbocycles. The molecule has 0 atom stereocenters. The van der Waals surface area contributed by atoms with E-state index < -0.39 is 0 Å². The fraction of sp³-hybridized carbons (Fsp3) is 0. The van der Waals surface area contributed by atoms with Crippen molar-refractivity contribution in [3.05, 3.63) is 181 Å². The van der Waals surface area contributed by atoms with Gasteiger partial charge in [-0.3, -0.25) is 10.1 Å². The lowest BCUT2D eigenvalue weighted by Gasteiger charge is -2.20. The predicted molar refractivity (Wildman–Crippen MR) is 215 cm³/mol. The molecular weight excluding hydrogens is 653 g/mol. The second-order valence-electron chi connectivity index (χ2n) is 12.9. The smallest absolute Gasteiger partial charge is 0.164 e. The van der Waals surface area contributed by atoms with Crippen molar-refractivity contribution < 1.29 is 4.42 Å². The summed E-state index contributed by atoms with van der Waals surface area (Å²) in [6, 6.07) is 48.9. The van der Waals surface area contributed by atoms with Crippen LogP contribution in [0, 0.1) is 5.41 Å². The Morgan fingerprint density at radius 1 is 0.528 bits per heavy atom. The average Bonchev–Trinajstić information content (AvgIpc) is 3.46. The van der Waals surface area contributed by atoms with E-state index in [9.17, 15) is 0 Å². The number of fused-ring (bicyclic) bond motifs is 2. The molecule has 0 unspecified atom stereocenters. The van der Waals surface area contributed by atoms with Crippen molar-refractivity contribution >= 4 is 55.2 Å². The van der Waals surface area contributed by atoms with E-state index in [1.807, 2.05) is 127 Å². The van der Waals surface area contributed by atoms with Crippen LogP contribution in [0.25, 0.3) is 83.6 Å². The maximum atomic E-state index is 9.03. The largest absolute Gasteiger partial charge is 0.456 e. The Kier molecular flexibility index (Phi) is 7.14. The molecule has 250 valence electrons. The van der Waals surface area contributed by atoms with Crippen LogP contribution in [0.4, 0.5) is 0 Å². The molecule has 0 saturated heterocycles. The van der Waals surface area contributed by atoms with Crippen molar-refractivity contribution in [2.75, 3.05) is 5.43 Å². The minimum atomic E-state index is 0.402. The molecule has 0 bridgehead atoms. The van der Waals surface area contributed by atoms with E-state index in [2.05, 4.69) is 52.6 Å². The van der Waals surface area contributed by atoms with Gasteiger partial charge in [0, 0.05) is 38.6 Å². The summed E-state index contributed by atoms with van der Waals surface area (Å²) >= 11 is 0. The van der Waals surface area contributed by atoms with E-state index in [1.165, 1.54) is 0 Å². The lowest BCUT2D eigenvalue weighted by atomic mass is 9.98. The highest BCUT2D eigenvalue weighted by atomic mass is 16.3. The van der Waals surface area contributed by atoms with Gasteiger partial charge < -0.3 is 9.83 Å². The molecule has 1 aliphatic rings. The van der Waals surface area contributed by atoms with Crippen molar-refractivity contribution in [3.63, 3.8) is 0 Å². The van der Waals surface area contributed by atoms with Crippen LogP contribution < -0.4 is 5.43 Å². The third kappa shape index (κ3) is 5.22. The molecule has 3 heterocycles. The molecule has 1 aliphatic carbocycles. The van der Waals surface area contributed by atoms with E-state index in [1.54, 1.807) is 0 Å². The van der Waals surface area contributed by atoms with Crippen molar-refractivity contribution in [1.29, 1.82) is 5.41 Å². The van der Waals surface area contributed by atoms with Crippen molar-refractivity contribution in [2.24, 2.45) is 0 Å². The number of hydrogen-bond donors (Lipinski definition) is 2. The van der Waals surface area contributed by atoms with Crippen LogP contribution >= 0.6 is 0 Å². The molecule has 0 amide bonds. The molecule has 53 heavy (non-hydrogen) atoms. The lowest BCUT2D eigenvalue weighted by Crippen LogP contribution is -2.17. The number of rotatable bonds is 6. The number of para-hydroxylation sites is 1. The van der Waals surface area contributed by atoms with Gasteiger partial charge in [0.1, 0.15) is 11.2 Å². The van der Waals surface area contributed by atoms with Gasteiger partial charge in [-0.2, -0.15) is 0 Å². The topological polar surface area (TPSA) is 92.6 Å². The van der Waals surface area contributed by atoms with Crippen LogP contribution in [0.5, 0.6) is 0 Å². The first kappa shape index (κ1) is 30.4. The van der Waals surface area contributed by atoms with Gasteiger partial charge in [-0.1, -0.05) is 133 Å². The standard InChI is InChI=1S/C46H30N6O/c47-36-23-9-7-21-35(36)43(51-52-37-24-12-22-34-33-20-8-10-26-39(33)53-40-27-13-25-38(52)42(40)41(34)37)31-18-11-19-32(28-31)46-49-44(29-14-3-1-4-15-29)48-45(50-46)30-16-5-2-6-17-30/h1-28,47,51H/b43-35-,47-36?. The lowest BCUT2D eigenvalue weighted by molar-refractivity contribution is 0.664. The van der Waals surface area contributed by atoms with Gasteiger partial charge in [0.05, 0.1) is 27.8 Å². The van der Waals surface area contributed by atoms with E-state index in [0.29, 0.717) is 23.2 Å². The van der Waals surface area contributed by atoms with Gasteiger partial charge in [0.15, 0.2) is 17.5 Å². The molecule has 7 nitrogen and oxygen atoms in total. The Labute approximate surface area is 304 Å². The molecular formula is C46H30N6O. The van der Waals surface area contributed by atoms with Crippen LogP contribution in [0.1, 0.15) is 5.56 Å². The second kappa shape index (κ2) is 12.4. The number of nitrogens with one attached hydrogen (secondary N) is 2. The third-order valence-corrected chi connectivity index (χ3v) is 9.70. The number of hydrogen-bond acceptors (Lipinski definition) is 6. The van der Waals surface area contributed by atoms with Gasteiger partial charge >= 0.3 is 0 Å². The summed E-state index contributed by atoms with van der Waals surface area (Å²) in [5.74, 6) is 1.75. The number of allylic oxidation sites excluding steroid dienone is 5. The zero-order valence-corrected chi connectivity index (χ0v) is 28.4. The van der Waals surface area contributed by atoms with E-state index in [0.717, 1.165) is 77.3 Å². The maximum Gasteiger partial charge on any atom is 0.164 e. The van der Waals surface area contributed by atoms with Crippen LogP contribution in [-0.2, 0) is 0 Å². The quantitative estimate of drug-likeness (QED) is 0.182. The fourth-order valence-corrected chi connectivity index (χ4v) is 7.25. The molecule has 2 N–H and O–H groups in total. The molecule has 10 rings (SSSR count). The van der Waals surface area contributed by atoms with E-state index >= 15 is 0 Å². The van der Waals surface area contributed by atoms with E-state index in [4.69, 9.17) is 24.8 Å². The summed E-state index contributed by atoms with van der Waals surface area (Å²) in [5.41, 5.74) is 12.8. The van der Waals surface area contributed by atoms with Crippen molar-refractivity contribution in [2.45, 2.75) is 0 Å². The SMILES string of the molecule is N=C1C=CC=C/C1=C(/Nn1c2cccc3oc4ccccc4c4cccc1c4c32)c1cccc(-c2nc(-c3ccccc3)nc(-c3ccccc3)n2)c1. The highest BCUT2D eigenvalue weighted by Gasteiger charge is 2.21. The predicted octanol–water partition coefficient (Wildman–Crippen LogP) is 11.0. The fourth-order valence-electron chi connectivity index (χ4n) is 7.25. The molecule has 9 aromatic rings. The zero-order valence-electron chi connectivity index (χ0n) is 28.4. The first-order valence-corrected chi connectivity index (χ1v) is 17.5. The second-order valence-corrected chi connectivity index (χ2v) is 12.9. The zero-order chi connectivity index (χ0) is 35.3. The number of aromatic nitrogens is 4. The van der Waals surface area contributed by atoms with Gasteiger partial charge in [0.2, 0.25) is 0 Å². The first-order valence-electron chi connectivity index (χ1n) is 17.5. The Bertz CT molecular complexity index is 2930. The summed E-state index contributed by atoms with van der Waals surface area (Å²) in [5, 5.41) is 13.3. The van der Waals surface area contributed by atoms with Crippen molar-refractivity contribution in [3.8, 4) is 34.2 Å². The first-order chi connectivity index (χ1) is 26.2. The minimum absolute atomic E-state index is 0.402. The summed E-state index contributed by atoms with van der Waals surface area (Å²) in [7, 11) is 0. The molecule has 0 fully saturated rings. The highest BCUT2D eigenvalue weighted by Crippen LogP contribution is 2.40. The van der Waals surface area contributed by atoms with Gasteiger partial charge in [-0.25, -0.2) is 15.0 Å². The van der Waals surface area contributed by atoms with Crippen LogP contribution in [0.3, 0.4) is 0 Å². The van der Waals surface area contributed by atoms with Gasteiger partial charge in [-0.15, -0.1) is 0 Å². The Morgan fingerprint density at radius 3 is 1.83 bits per heavy atom. The normalized spacial score (nSPS) is 13.8. The van der Waals surface area contributed by atoms with Gasteiger partial charge in [0.25, 0.3) is 0 Å². The summed E-state index contributed by atoms with van der Waals surface area (Å²) in [6.45, 7) is 0. The molecule has 0 radical (unpaired) electrons.